The van der Waals surface area contributed by atoms with Crippen molar-refractivity contribution in [2.75, 3.05) is 5.32 Å². The van der Waals surface area contributed by atoms with Crippen molar-refractivity contribution in [3.05, 3.63) is 52.4 Å². The number of halogens is 2. The van der Waals surface area contributed by atoms with Gasteiger partial charge in [-0.1, -0.05) is 28.1 Å². The molecule has 1 heterocycles. The average molecular weight is 281 g/mol. The van der Waals surface area contributed by atoms with E-state index in [0.29, 0.717) is 5.82 Å². The van der Waals surface area contributed by atoms with Gasteiger partial charge in [0, 0.05) is 10.2 Å². The van der Waals surface area contributed by atoms with Gasteiger partial charge in [-0.2, -0.15) is 4.39 Å². The summed E-state index contributed by atoms with van der Waals surface area (Å²) in [4.78, 5) is 3.75. The first-order valence-corrected chi connectivity index (χ1v) is 5.61. The Hall–Kier alpha value is -1.42. The van der Waals surface area contributed by atoms with Crippen molar-refractivity contribution >= 4 is 27.4 Å². The molecular weight excluding hydrogens is 271 g/mol. The SMILES string of the molecule is Cc1c(Br)cccc1Nc1cccc(F)n1. The van der Waals surface area contributed by atoms with Crippen molar-refractivity contribution in [3.8, 4) is 0 Å². The highest BCUT2D eigenvalue weighted by Gasteiger charge is 2.03. The van der Waals surface area contributed by atoms with Crippen LogP contribution in [0.15, 0.2) is 40.9 Å². The van der Waals surface area contributed by atoms with Crippen molar-refractivity contribution in [1.29, 1.82) is 0 Å². The topological polar surface area (TPSA) is 24.9 Å². The first-order chi connectivity index (χ1) is 7.66. The maximum Gasteiger partial charge on any atom is 0.214 e. The van der Waals surface area contributed by atoms with Gasteiger partial charge in [0.25, 0.3) is 0 Å². The zero-order valence-electron chi connectivity index (χ0n) is 8.67. The summed E-state index contributed by atoms with van der Waals surface area (Å²) in [5, 5.41) is 3.07. The van der Waals surface area contributed by atoms with E-state index in [4.69, 9.17) is 0 Å². The highest BCUT2D eigenvalue weighted by Crippen LogP contribution is 2.25. The molecule has 0 fully saturated rings. The van der Waals surface area contributed by atoms with Gasteiger partial charge in [0.15, 0.2) is 0 Å². The number of aromatic nitrogens is 1. The van der Waals surface area contributed by atoms with E-state index in [1.165, 1.54) is 6.07 Å². The lowest BCUT2D eigenvalue weighted by atomic mass is 10.2. The molecule has 0 spiro atoms. The molecule has 0 radical (unpaired) electrons. The van der Waals surface area contributed by atoms with Gasteiger partial charge >= 0.3 is 0 Å². The van der Waals surface area contributed by atoms with E-state index in [1.807, 2.05) is 25.1 Å². The summed E-state index contributed by atoms with van der Waals surface area (Å²) in [6.07, 6.45) is 0. The maximum absolute atomic E-state index is 12.9. The molecule has 0 amide bonds. The molecule has 1 aromatic carbocycles. The van der Waals surface area contributed by atoms with Crippen molar-refractivity contribution < 1.29 is 4.39 Å². The summed E-state index contributed by atoms with van der Waals surface area (Å²) < 4.78 is 13.9. The normalized spacial score (nSPS) is 10.2. The lowest BCUT2D eigenvalue weighted by Gasteiger charge is -2.09. The Bertz CT molecular complexity index is 514. The molecule has 0 aliphatic carbocycles. The van der Waals surface area contributed by atoms with Crippen LogP contribution < -0.4 is 5.32 Å². The van der Waals surface area contributed by atoms with Gasteiger partial charge < -0.3 is 5.32 Å². The van der Waals surface area contributed by atoms with Crippen molar-refractivity contribution in [3.63, 3.8) is 0 Å². The Kier molecular flexibility index (Phi) is 3.19. The maximum atomic E-state index is 12.9. The highest BCUT2D eigenvalue weighted by atomic mass is 79.9. The molecule has 2 nitrogen and oxygen atoms in total. The third-order valence-electron chi connectivity index (χ3n) is 2.25. The summed E-state index contributed by atoms with van der Waals surface area (Å²) in [6.45, 7) is 1.98. The molecule has 82 valence electrons. The van der Waals surface area contributed by atoms with E-state index >= 15 is 0 Å². The molecule has 4 heteroatoms. The Morgan fingerprint density at radius 1 is 1.19 bits per heavy atom. The fourth-order valence-electron chi connectivity index (χ4n) is 1.36. The first kappa shape index (κ1) is 11.1. The summed E-state index contributed by atoms with van der Waals surface area (Å²) >= 11 is 3.44. The minimum absolute atomic E-state index is 0.488. The van der Waals surface area contributed by atoms with Crippen LogP contribution in [-0.4, -0.2) is 4.98 Å². The molecule has 0 unspecified atom stereocenters. The zero-order chi connectivity index (χ0) is 11.5. The first-order valence-electron chi connectivity index (χ1n) is 4.81. The molecule has 0 bridgehead atoms. The largest absolute Gasteiger partial charge is 0.340 e. The molecule has 0 aliphatic heterocycles. The monoisotopic (exact) mass is 280 g/mol. The van der Waals surface area contributed by atoms with E-state index in [2.05, 4.69) is 26.2 Å². The third-order valence-corrected chi connectivity index (χ3v) is 3.10. The van der Waals surface area contributed by atoms with Crippen LogP contribution in [0.5, 0.6) is 0 Å². The minimum atomic E-state index is -0.488. The second-order valence-electron chi connectivity index (χ2n) is 3.38. The van der Waals surface area contributed by atoms with Crippen molar-refractivity contribution in [2.45, 2.75) is 6.92 Å². The zero-order valence-corrected chi connectivity index (χ0v) is 10.3. The summed E-state index contributed by atoms with van der Waals surface area (Å²) in [6, 6.07) is 10.5. The van der Waals surface area contributed by atoms with E-state index < -0.39 is 5.95 Å². The van der Waals surface area contributed by atoms with Gasteiger partial charge in [0.05, 0.1) is 0 Å². The highest BCUT2D eigenvalue weighted by molar-refractivity contribution is 9.10. The standard InChI is InChI=1S/C12H10BrFN2/c1-8-9(13)4-2-5-10(8)15-12-7-3-6-11(14)16-12/h2-7H,1H3,(H,15,16). The number of rotatable bonds is 2. The van der Waals surface area contributed by atoms with Crippen LogP contribution in [0.1, 0.15) is 5.56 Å². The average Bonchev–Trinajstić information content (AvgIpc) is 2.25. The Morgan fingerprint density at radius 3 is 2.69 bits per heavy atom. The third kappa shape index (κ3) is 2.39. The lowest BCUT2D eigenvalue weighted by molar-refractivity contribution is 0.585. The van der Waals surface area contributed by atoms with Gasteiger partial charge in [0.1, 0.15) is 5.82 Å². The van der Waals surface area contributed by atoms with Crippen LogP contribution in [0, 0.1) is 12.9 Å². The molecule has 0 atom stereocenters. The lowest BCUT2D eigenvalue weighted by Crippen LogP contribution is -1.97. The number of anilines is 2. The quantitative estimate of drug-likeness (QED) is 0.840. The summed E-state index contributed by atoms with van der Waals surface area (Å²) in [5.74, 6) is 0.0128. The molecular formula is C12H10BrFN2. The number of nitrogens with zero attached hydrogens (tertiary/aromatic N) is 1. The van der Waals surface area contributed by atoms with Crippen LogP contribution in [0.2, 0.25) is 0 Å². The fourth-order valence-corrected chi connectivity index (χ4v) is 1.72. The Morgan fingerprint density at radius 2 is 1.94 bits per heavy atom. The van der Waals surface area contributed by atoms with Crippen LogP contribution >= 0.6 is 15.9 Å². The summed E-state index contributed by atoms with van der Waals surface area (Å²) in [7, 11) is 0. The smallest absolute Gasteiger partial charge is 0.214 e. The Balaban J connectivity index is 2.31. The van der Waals surface area contributed by atoms with Crippen molar-refractivity contribution in [2.24, 2.45) is 0 Å². The number of nitrogens with one attached hydrogen (secondary N) is 1. The molecule has 2 rings (SSSR count). The van der Waals surface area contributed by atoms with Gasteiger partial charge in [0.2, 0.25) is 5.95 Å². The molecule has 16 heavy (non-hydrogen) atoms. The predicted octanol–water partition coefficient (Wildman–Crippen LogP) is 4.04. The number of hydrogen-bond donors (Lipinski definition) is 1. The van der Waals surface area contributed by atoms with Crippen LogP contribution in [0.4, 0.5) is 15.9 Å². The minimum Gasteiger partial charge on any atom is -0.340 e. The van der Waals surface area contributed by atoms with E-state index in [1.54, 1.807) is 12.1 Å². The summed E-state index contributed by atoms with van der Waals surface area (Å²) in [5.41, 5.74) is 1.97. The molecule has 0 saturated carbocycles. The number of benzene rings is 1. The second-order valence-corrected chi connectivity index (χ2v) is 4.24. The van der Waals surface area contributed by atoms with Gasteiger partial charge in [-0.05, 0) is 36.8 Å². The molecule has 0 aliphatic rings. The Labute approximate surface area is 102 Å². The van der Waals surface area contributed by atoms with E-state index in [-0.39, 0.29) is 0 Å². The second kappa shape index (κ2) is 4.61. The molecule has 1 aromatic heterocycles. The van der Waals surface area contributed by atoms with Crippen molar-refractivity contribution in [1.82, 2.24) is 4.98 Å². The molecule has 2 aromatic rings. The molecule has 1 N–H and O–H groups in total. The van der Waals surface area contributed by atoms with Crippen LogP contribution in [0.25, 0.3) is 0 Å². The van der Waals surface area contributed by atoms with Gasteiger partial charge in [-0.15, -0.1) is 0 Å². The van der Waals surface area contributed by atoms with Crippen LogP contribution in [0.3, 0.4) is 0 Å². The van der Waals surface area contributed by atoms with Crippen LogP contribution in [-0.2, 0) is 0 Å². The predicted molar refractivity (Wildman–Crippen MR) is 66.4 cm³/mol. The van der Waals surface area contributed by atoms with E-state index in [9.17, 15) is 4.39 Å². The van der Waals surface area contributed by atoms with E-state index in [0.717, 1.165) is 15.7 Å². The number of pyridine rings is 1. The van der Waals surface area contributed by atoms with Gasteiger partial charge in [-0.3, -0.25) is 0 Å². The molecule has 0 saturated heterocycles. The number of hydrogen-bond acceptors (Lipinski definition) is 2. The fraction of sp³-hybridized carbons (Fsp3) is 0.0833. The van der Waals surface area contributed by atoms with Gasteiger partial charge in [-0.25, -0.2) is 4.98 Å².